The van der Waals surface area contributed by atoms with Gasteiger partial charge in [0.25, 0.3) is 0 Å². The number of rotatable bonds is 2. The molecule has 0 spiro atoms. The van der Waals surface area contributed by atoms with E-state index >= 15 is 0 Å². The number of aliphatic hydroxyl groups is 1. The van der Waals surface area contributed by atoms with Crippen LogP contribution in [0.3, 0.4) is 0 Å². The smallest absolute Gasteiger partial charge is 0.317 e. The van der Waals surface area contributed by atoms with E-state index in [2.05, 4.69) is 33.8 Å². The first-order chi connectivity index (χ1) is 13.1. The molecule has 3 rings (SSSR count). The van der Waals surface area contributed by atoms with Crippen molar-refractivity contribution in [1.29, 1.82) is 0 Å². The first kappa shape index (κ1) is 21.0. The molecule has 4 heteroatoms. The van der Waals surface area contributed by atoms with Crippen molar-refractivity contribution in [3.05, 3.63) is 34.6 Å². The minimum atomic E-state index is -0.758. The van der Waals surface area contributed by atoms with Gasteiger partial charge < -0.3 is 9.84 Å². The standard InChI is InChI=1S/C24H34O4/c1-13(2)17-12-20(26)24(6)10-9-15(4)22-18(11-14(3)7-8-19(17)24)21(16(5)25)23(27)28-22/h11-13,16,18-19,21,25H,7-10H2,1-6H3/b14-11+,22-15-/t16-,18-,19+,21-,24-/m0/s1. The van der Waals surface area contributed by atoms with Crippen LogP contribution in [0.2, 0.25) is 0 Å². The normalized spacial score (nSPS) is 39.5. The van der Waals surface area contributed by atoms with E-state index in [1.54, 1.807) is 6.92 Å². The molecule has 0 aromatic rings. The predicted octanol–water partition coefficient (Wildman–Crippen LogP) is 4.74. The predicted molar refractivity (Wildman–Crippen MR) is 109 cm³/mol. The fourth-order valence-electron chi connectivity index (χ4n) is 5.24. The Morgan fingerprint density at radius 1 is 1.18 bits per heavy atom. The summed E-state index contributed by atoms with van der Waals surface area (Å²) in [6, 6.07) is 0. The Morgan fingerprint density at radius 2 is 1.86 bits per heavy atom. The second-order valence-corrected chi connectivity index (χ2v) is 9.54. The summed E-state index contributed by atoms with van der Waals surface area (Å²) < 4.78 is 5.64. The van der Waals surface area contributed by atoms with Gasteiger partial charge in [-0.1, -0.05) is 38.0 Å². The van der Waals surface area contributed by atoms with Gasteiger partial charge in [-0.3, -0.25) is 9.59 Å². The molecule has 1 aliphatic heterocycles. The van der Waals surface area contributed by atoms with Crippen LogP contribution in [0.4, 0.5) is 0 Å². The molecule has 0 unspecified atom stereocenters. The minimum absolute atomic E-state index is 0.214. The number of carbonyl (C=O) groups is 2. The Bertz CT molecular complexity index is 767. The van der Waals surface area contributed by atoms with Crippen molar-refractivity contribution in [3.8, 4) is 0 Å². The average Bonchev–Trinajstić information content (AvgIpc) is 3.05. The first-order valence-corrected chi connectivity index (χ1v) is 10.6. The topological polar surface area (TPSA) is 63.6 Å². The monoisotopic (exact) mass is 386 g/mol. The molecule has 0 amide bonds. The van der Waals surface area contributed by atoms with Crippen LogP contribution in [0.25, 0.3) is 0 Å². The summed E-state index contributed by atoms with van der Waals surface area (Å²) in [7, 11) is 0. The van der Waals surface area contributed by atoms with Crippen LogP contribution < -0.4 is 0 Å². The van der Waals surface area contributed by atoms with Gasteiger partial charge in [-0.2, -0.15) is 0 Å². The van der Waals surface area contributed by atoms with E-state index < -0.39 is 17.4 Å². The summed E-state index contributed by atoms with van der Waals surface area (Å²) in [6.07, 6.45) is 6.53. The Balaban J connectivity index is 2.02. The minimum Gasteiger partial charge on any atom is -0.430 e. The second kappa shape index (κ2) is 7.62. The molecule has 28 heavy (non-hydrogen) atoms. The van der Waals surface area contributed by atoms with Gasteiger partial charge in [0.05, 0.1) is 17.9 Å². The lowest BCUT2D eigenvalue weighted by Gasteiger charge is -2.33. The molecule has 1 fully saturated rings. The molecule has 1 heterocycles. The molecule has 154 valence electrons. The van der Waals surface area contributed by atoms with Crippen molar-refractivity contribution in [2.75, 3.05) is 0 Å². The number of aliphatic hydroxyl groups excluding tert-OH is 1. The quantitative estimate of drug-likeness (QED) is 0.550. The van der Waals surface area contributed by atoms with E-state index in [0.29, 0.717) is 11.7 Å². The fourth-order valence-corrected chi connectivity index (χ4v) is 5.24. The first-order valence-electron chi connectivity index (χ1n) is 10.6. The number of esters is 1. The summed E-state index contributed by atoms with van der Waals surface area (Å²) in [5, 5.41) is 10.2. The van der Waals surface area contributed by atoms with E-state index in [0.717, 1.165) is 31.3 Å². The molecular weight excluding hydrogens is 352 g/mol. The van der Waals surface area contributed by atoms with Gasteiger partial charge >= 0.3 is 5.97 Å². The molecule has 0 radical (unpaired) electrons. The molecular formula is C24H34O4. The third kappa shape index (κ3) is 3.52. The Labute approximate surface area is 168 Å². The number of allylic oxidation sites excluding steroid dienone is 5. The van der Waals surface area contributed by atoms with Crippen molar-refractivity contribution in [1.82, 2.24) is 0 Å². The lowest BCUT2D eigenvalue weighted by atomic mass is 9.69. The largest absolute Gasteiger partial charge is 0.430 e. The van der Waals surface area contributed by atoms with Gasteiger partial charge in [0, 0.05) is 5.41 Å². The molecule has 3 aliphatic rings. The van der Waals surface area contributed by atoms with Crippen LogP contribution >= 0.6 is 0 Å². The number of ether oxygens (including phenoxy) is 1. The van der Waals surface area contributed by atoms with Crippen molar-refractivity contribution in [2.24, 2.45) is 29.1 Å². The van der Waals surface area contributed by atoms with Crippen LogP contribution in [-0.2, 0) is 14.3 Å². The van der Waals surface area contributed by atoms with Crippen molar-refractivity contribution < 1.29 is 19.4 Å². The summed E-state index contributed by atoms with van der Waals surface area (Å²) in [6.45, 7) is 12.2. The summed E-state index contributed by atoms with van der Waals surface area (Å²) in [5.74, 6) is 0.429. The molecule has 1 saturated heterocycles. The Morgan fingerprint density at radius 3 is 2.46 bits per heavy atom. The molecule has 0 aromatic carbocycles. The third-order valence-corrected chi connectivity index (χ3v) is 7.12. The highest BCUT2D eigenvalue weighted by molar-refractivity contribution is 5.98. The number of ketones is 1. The third-order valence-electron chi connectivity index (χ3n) is 7.12. The average molecular weight is 387 g/mol. The zero-order valence-corrected chi connectivity index (χ0v) is 18.0. The maximum atomic E-state index is 13.0. The highest BCUT2D eigenvalue weighted by atomic mass is 16.5. The van der Waals surface area contributed by atoms with E-state index in [1.807, 2.05) is 13.0 Å². The highest BCUT2D eigenvalue weighted by Gasteiger charge is 2.48. The van der Waals surface area contributed by atoms with Gasteiger partial charge in [0.2, 0.25) is 0 Å². The van der Waals surface area contributed by atoms with E-state index in [1.165, 1.54) is 11.1 Å². The van der Waals surface area contributed by atoms with Gasteiger partial charge in [0.15, 0.2) is 5.78 Å². The van der Waals surface area contributed by atoms with Crippen LogP contribution in [0, 0.1) is 29.1 Å². The van der Waals surface area contributed by atoms with Crippen LogP contribution in [0.5, 0.6) is 0 Å². The number of fused-ring (bicyclic) bond motifs is 2. The molecule has 0 aromatic heterocycles. The fraction of sp³-hybridized carbons (Fsp3) is 0.667. The molecule has 0 bridgehead atoms. The van der Waals surface area contributed by atoms with Crippen molar-refractivity contribution in [2.45, 2.75) is 73.3 Å². The maximum absolute atomic E-state index is 13.0. The zero-order valence-electron chi connectivity index (χ0n) is 18.0. The number of hydrogen-bond donors (Lipinski definition) is 1. The van der Waals surface area contributed by atoms with Crippen molar-refractivity contribution in [3.63, 3.8) is 0 Å². The van der Waals surface area contributed by atoms with Gasteiger partial charge in [-0.05, 0) is 69.9 Å². The second-order valence-electron chi connectivity index (χ2n) is 9.54. The van der Waals surface area contributed by atoms with Crippen molar-refractivity contribution >= 4 is 11.8 Å². The van der Waals surface area contributed by atoms with Crippen LogP contribution in [0.1, 0.15) is 67.2 Å². The number of carbonyl (C=O) groups excluding carboxylic acids is 2. The summed E-state index contributed by atoms with van der Waals surface area (Å²) in [5.41, 5.74) is 3.08. The van der Waals surface area contributed by atoms with E-state index in [9.17, 15) is 14.7 Å². The lowest BCUT2D eigenvalue weighted by molar-refractivity contribution is -0.142. The summed E-state index contributed by atoms with van der Waals surface area (Å²) >= 11 is 0. The van der Waals surface area contributed by atoms with Crippen LogP contribution in [0.15, 0.2) is 34.6 Å². The molecule has 5 atom stereocenters. The summed E-state index contributed by atoms with van der Waals surface area (Å²) in [4.78, 5) is 25.4. The highest BCUT2D eigenvalue weighted by Crippen LogP contribution is 2.50. The van der Waals surface area contributed by atoms with Crippen LogP contribution in [-0.4, -0.2) is 23.0 Å². The Kier molecular flexibility index (Phi) is 5.73. The van der Waals surface area contributed by atoms with Gasteiger partial charge in [0.1, 0.15) is 5.76 Å². The molecule has 2 aliphatic carbocycles. The number of hydrogen-bond acceptors (Lipinski definition) is 4. The van der Waals surface area contributed by atoms with E-state index in [-0.39, 0.29) is 23.6 Å². The van der Waals surface area contributed by atoms with Gasteiger partial charge in [-0.25, -0.2) is 0 Å². The zero-order chi connectivity index (χ0) is 20.8. The molecule has 0 saturated carbocycles. The van der Waals surface area contributed by atoms with E-state index in [4.69, 9.17) is 4.74 Å². The lowest BCUT2D eigenvalue weighted by Crippen LogP contribution is -2.32. The maximum Gasteiger partial charge on any atom is 0.317 e. The molecule has 1 N–H and O–H groups in total. The SMILES string of the molecule is C/C1=C2/OC(=O)[C@@H]([C@H](C)O)[C@@H]2/C=C(\C)CC[C@@H]2C(C(C)C)=CC(=O)[C@@]2(C)CC1. The van der Waals surface area contributed by atoms with Gasteiger partial charge in [-0.15, -0.1) is 0 Å². The Hall–Kier alpha value is -1.68. The molecule has 4 nitrogen and oxygen atoms in total.